The summed E-state index contributed by atoms with van der Waals surface area (Å²) in [5.74, 6) is -0.417. The Morgan fingerprint density at radius 3 is 2.38 bits per heavy atom. The van der Waals surface area contributed by atoms with Gasteiger partial charge in [-0.3, -0.25) is 4.79 Å². The fraction of sp³-hybridized carbons (Fsp3) is 0.500. The van der Waals surface area contributed by atoms with Crippen molar-refractivity contribution in [2.45, 2.75) is 24.7 Å². The van der Waals surface area contributed by atoms with Gasteiger partial charge in [-0.2, -0.15) is 4.31 Å². The fourth-order valence-electron chi connectivity index (χ4n) is 2.35. The first-order valence-corrected chi connectivity index (χ1v) is 9.11. The molecule has 0 spiro atoms. The summed E-state index contributed by atoms with van der Waals surface area (Å²) in [6, 6.07) is 6.57. The van der Waals surface area contributed by atoms with Crippen LogP contribution in [0.4, 0.5) is 0 Å². The average Bonchev–Trinajstić information content (AvgIpc) is 2.48. The Kier molecular flexibility index (Phi) is 5.40. The Labute approximate surface area is 133 Å². The minimum atomic E-state index is -3.48. The van der Waals surface area contributed by atoms with Crippen LogP contribution in [0.3, 0.4) is 0 Å². The molecule has 1 heterocycles. The summed E-state index contributed by atoms with van der Waals surface area (Å²) in [5.41, 5.74) is 0. The van der Waals surface area contributed by atoms with E-state index in [1.54, 1.807) is 31.2 Å². The van der Waals surface area contributed by atoms with Crippen molar-refractivity contribution >= 4 is 31.9 Å². The van der Waals surface area contributed by atoms with Crippen LogP contribution >= 0.6 is 15.9 Å². The molecule has 1 fully saturated rings. The molecule has 7 heteroatoms. The molecule has 1 aliphatic rings. The number of esters is 1. The Balaban J connectivity index is 2.04. The minimum absolute atomic E-state index is 0.193. The molecule has 0 aromatic heterocycles. The van der Waals surface area contributed by atoms with Crippen LogP contribution in [-0.4, -0.2) is 38.4 Å². The molecule has 0 bridgehead atoms. The monoisotopic (exact) mass is 375 g/mol. The fourth-order valence-corrected chi connectivity index (χ4v) is 4.08. The number of carbonyl (C=O) groups excluding carboxylic acids is 1. The highest BCUT2D eigenvalue weighted by Gasteiger charge is 2.32. The van der Waals surface area contributed by atoms with Crippen LogP contribution in [0.25, 0.3) is 0 Å². The zero-order valence-corrected chi connectivity index (χ0v) is 14.2. The summed E-state index contributed by atoms with van der Waals surface area (Å²) in [4.78, 5) is 11.9. The maximum atomic E-state index is 12.5. The molecule has 1 aromatic carbocycles. The molecule has 0 amide bonds. The number of nitrogens with zero attached hydrogens (tertiary/aromatic N) is 1. The molecule has 0 N–H and O–H groups in total. The molecule has 0 aliphatic carbocycles. The number of hydrogen-bond donors (Lipinski definition) is 0. The van der Waals surface area contributed by atoms with Gasteiger partial charge in [-0.1, -0.05) is 15.9 Å². The third kappa shape index (κ3) is 3.84. The van der Waals surface area contributed by atoms with Crippen LogP contribution < -0.4 is 0 Å². The van der Waals surface area contributed by atoms with Gasteiger partial charge in [0.2, 0.25) is 10.0 Å². The highest BCUT2D eigenvalue weighted by atomic mass is 79.9. The van der Waals surface area contributed by atoms with Gasteiger partial charge in [0.25, 0.3) is 0 Å². The average molecular weight is 376 g/mol. The first kappa shape index (κ1) is 16.5. The summed E-state index contributed by atoms with van der Waals surface area (Å²) in [6.45, 7) is 2.82. The lowest BCUT2D eigenvalue weighted by atomic mass is 9.98. The van der Waals surface area contributed by atoms with E-state index in [1.165, 1.54) is 4.31 Å². The second-order valence-corrected chi connectivity index (χ2v) is 7.74. The van der Waals surface area contributed by atoms with Crippen molar-refractivity contribution in [1.82, 2.24) is 4.31 Å². The van der Waals surface area contributed by atoms with E-state index in [0.717, 1.165) is 4.47 Å². The van der Waals surface area contributed by atoms with Gasteiger partial charge < -0.3 is 4.74 Å². The molecule has 1 aliphatic heterocycles. The van der Waals surface area contributed by atoms with E-state index in [0.29, 0.717) is 32.5 Å². The lowest BCUT2D eigenvalue weighted by Gasteiger charge is -2.30. The number of piperidine rings is 1. The van der Waals surface area contributed by atoms with Crippen molar-refractivity contribution in [2.24, 2.45) is 5.92 Å². The Morgan fingerprint density at radius 1 is 1.29 bits per heavy atom. The highest BCUT2D eigenvalue weighted by Crippen LogP contribution is 2.25. The summed E-state index contributed by atoms with van der Waals surface area (Å²) in [7, 11) is -3.48. The Morgan fingerprint density at radius 2 is 1.86 bits per heavy atom. The highest BCUT2D eigenvalue weighted by molar-refractivity contribution is 9.10. The molecule has 1 aromatic rings. The number of hydrogen-bond acceptors (Lipinski definition) is 4. The van der Waals surface area contributed by atoms with Crippen molar-refractivity contribution in [2.75, 3.05) is 19.7 Å². The van der Waals surface area contributed by atoms with Crippen molar-refractivity contribution in [3.8, 4) is 0 Å². The van der Waals surface area contributed by atoms with Gasteiger partial charge in [0.05, 0.1) is 17.4 Å². The van der Waals surface area contributed by atoms with E-state index in [2.05, 4.69) is 15.9 Å². The second-order valence-electron chi connectivity index (χ2n) is 4.88. The molecule has 5 nitrogen and oxygen atoms in total. The van der Waals surface area contributed by atoms with Crippen molar-refractivity contribution in [1.29, 1.82) is 0 Å². The number of halogens is 1. The van der Waals surface area contributed by atoms with E-state index in [1.807, 2.05) is 0 Å². The van der Waals surface area contributed by atoms with Gasteiger partial charge in [-0.15, -0.1) is 0 Å². The van der Waals surface area contributed by atoms with E-state index >= 15 is 0 Å². The molecule has 1 saturated heterocycles. The van der Waals surface area contributed by atoms with Crippen LogP contribution in [0.15, 0.2) is 33.6 Å². The van der Waals surface area contributed by atoms with Gasteiger partial charge in [-0.05, 0) is 44.0 Å². The maximum Gasteiger partial charge on any atom is 0.309 e. The molecule has 0 saturated carbocycles. The van der Waals surface area contributed by atoms with Crippen LogP contribution in [0.1, 0.15) is 19.8 Å². The largest absolute Gasteiger partial charge is 0.466 e. The molecule has 0 unspecified atom stereocenters. The van der Waals surface area contributed by atoms with Gasteiger partial charge in [0.15, 0.2) is 0 Å². The maximum absolute atomic E-state index is 12.5. The smallest absolute Gasteiger partial charge is 0.309 e. The van der Waals surface area contributed by atoms with Gasteiger partial charge in [-0.25, -0.2) is 8.42 Å². The topological polar surface area (TPSA) is 63.7 Å². The van der Waals surface area contributed by atoms with E-state index in [-0.39, 0.29) is 16.8 Å². The van der Waals surface area contributed by atoms with Crippen LogP contribution in [0.5, 0.6) is 0 Å². The lowest BCUT2D eigenvalue weighted by molar-refractivity contribution is -0.149. The lowest BCUT2D eigenvalue weighted by Crippen LogP contribution is -2.40. The SMILES string of the molecule is CCOC(=O)C1CCN(S(=O)(=O)c2ccc(Br)cc2)CC1. The summed E-state index contributed by atoms with van der Waals surface area (Å²) in [5, 5.41) is 0. The first-order valence-electron chi connectivity index (χ1n) is 6.87. The standard InChI is InChI=1S/C14H18BrNO4S/c1-2-20-14(17)11-7-9-16(10-8-11)21(18,19)13-5-3-12(15)4-6-13/h3-6,11H,2,7-10H2,1H3. The van der Waals surface area contributed by atoms with Crippen molar-refractivity contribution < 1.29 is 17.9 Å². The third-order valence-corrected chi connectivity index (χ3v) is 5.97. The molecule has 116 valence electrons. The van der Waals surface area contributed by atoms with Crippen LogP contribution in [-0.2, 0) is 19.6 Å². The quantitative estimate of drug-likeness (QED) is 0.758. The second kappa shape index (κ2) is 6.89. The van der Waals surface area contributed by atoms with E-state index in [9.17, 15) is 13.2 Å². The van der Waals surface area contributed by atoms with Crippen LogP contribution in [0.2, 0.25) is 0 Å². The molecule has 21 heavy (non-hydrogen) atoms. The number of sulfonamides is 1. The third-order valence-electron chi connectivity index (χ3n) is 3.53. The Bertz CT molecular complexity index is 592. The summed E-state index contributed by atoms with van der Waals surface area (Å²) in [6.07, 6.45) is 1.02. The predicted molar refractivity (Wildman–Crippen MR) is 82.3 cm³/mol. The molecule has 0 radical (unpaired) electrons. The van der Waals surface area contributed by atoms with Gasteiger partial charge in [0, 0.05) is 17.6 Å². The zero-order valence-electron chi connectivity index (χ0n) is 11.8. The minimum Gasteiger partial charge on any atom is -0.466 e. The van der Waals surface area contributed by atoms with Crippen molar-refractivity contribution in [3.05, 3.63) is 28.7 Å². The van der Waals surface area contributed by atoms with Gasteiger partial charge in [0.1, 0.15) is 0 Å². The molecule has 0 atom stereocenters. The van der Waals surface area contributed by atoms with Gasteiger partial charge >= 0.3 is 5.97 Å². The van der Waals surface area contributed by atoms with E-state index in [4.69, 9.17) is 4.74 Å². The number of benzene rings is 1. The van der Waals surface area contributed by atoms with Crippen LogP contribution in [0, 0.1) is 5.92 Å². The summed E-state index contributed by atoms with van der Waals surface area (Å²) < 4.78 is 32.3. The first-order chi connectivity index (χ1) is 9.95. The number of carbonyl (C=O) groups is 1. The normalized spacial score (nSPS) is 17.6. The predicted octanol–water partition coefficient (Wildman–Crippen LogP) is 2.41. The number of rotatable bonds is 4. The number of ether oxygens (including phenoxy) is 1. The Hall–Kier alpha value is -0.920. The van der Waals surface area contributed by atoms with Crippen molar-refractivity contribution in [3.63, 3.8) is 0 Å². The zero-order chi connectivity index (χ0) is 15.5. The summed E-state index contributed by atoms with van der Waals surface area (Å²) >= 11 is 3.29. The molecule has 2 rings (SSSR count). The van der Waals surface area contributed by atoms with E-state index < -0.39 is 10.0 Å². The molecular formula is C14H18BrNO4S. The molecular weight excluding hydrogens is 358 g/mol.